The maximum atomic E-state index is 12.8. The van der Waals surface area contributed by atoms with Crippen LogP contribution in [0, 0.1) is 0 Å². The van der Waals surface area contributed by atoms with Crippen molar-refractivity contribution in [2.75, 3.05) is 20.2 Å². The van der Waals surface area contributed by atoms with Gasteiger partial charge in [-0.2, -0.15) is 0 Å². The minimum atomic E-state index is 0.194. The summed E-state index contributed by atoms with van der Waals surface area (Å²) < 4.78 is 7.42. The molecule has 140 valence electrons. The number of aryl methyl sites for hydroxylation is 1. The number of methoxy groups -OCH3 is 1. The molecule has 0 aliphatic carbocycles. The van der Waals surface area contributed by atoms with Gasteiger partial charge >= 0.3 is 0 Å². The Labute approximate surface area is 158 Å². The van der Waals surface area contributed by atoms with E-state index < -0.39 is 0 Å². The minimum Gasteiger partial charge on any atom is -0.496 e. The largest absolute Gasteiger partial charge is 0.496 e. The van der Waals surface area contributed by atoms with Gasteiger partial charge in [-0.05, 0) is 43.0 Å². The smallest absolute Gasteiger partial charge is 0.222 e. The number of nitrogens with zero attached hydrogens (tertiary/aromatic N) is 4. The standard InChI is InChI=1S/C21H24N4O2/c1-27-18-9-3-2-7-16(18)11-12-20(26)24-13-6-8-17(15-24)21-23-22-19-10-4-5-14-25(19)21/h2-5,7,9-10,14,17H,6,8,11-13,15H2,1H3/t17-/m0/s1. The van der Waals surface area contributed by atoms with Gasteiger partial charge in [0.15, 0.2) is 5.65 Å². The number of likely N-dealkylation sites (tertiary alicyclic amines) is 1. The zero-order valence-corrected chi connectivity index (χ0v) is 15.5. The molecule has 1 fully saturated rings. The van der Waals surface area contributed by atoms with Crippen LogP contribution in [0.4, 0.5) is 0 Å². The molecule has 3 heterocycles. The summed E-state index contributed by atoms with van der Waals surface area (Å²) in [4.78, 5) is 14.8. The Balaban J connectivity index is 1.42. The number of hydrogen-bond acceptors (Lipinski definition) is 4. The second-order valence-corrected chi connectivity index (χ2v) is 6.98. The van der Waals surface area contributed by atoms with Crippen molar-refractivity contribution in [1.29, 1.82) is 0 Å². The highest BCUT2D eigenvalue weighted by atomic mass is 16.5. The second kappa shape index (κ2) is 7.78. The number of pyridine rings is 1. The highest BCUT2D eigenvalue weighted by Crippen LogP contribution is 2.27. The predicted molar refractivity (Wildman–Crippen MR) is 103 cm³/mol. The molecule has 2 aromatic heterocycles. The van der Waals surface area contributed by atoms with Crippen molar-refractivity contribution in [3.8, 4) is 5.75 Å². The highest BCUT2D eigenvalue weighted by Gasteiger charge is 2.27. The number of ether oxygens (including phenoxy) is 1. The molecule has 3 aromatic rings. The normalized spacial score (nSPS) is 17.2. The Morgan fingerprint density at radius 1 is 1.19 bits per heavy atom. The third-order valence-electron chi connectivity index (χ3n) is 5.28. The first kappa shape index (κ1) is 17.5. The quantitative estimate of drug-likeness (QED) is 0.698. The number of hydrogen-bond donors (Lipinski definition) is 0. The summed E-state index contributed by atoms with van der Waals surface area (Å²) in [5.41, 5.74) is 1.93. The summed E-state index contributed by atoms with van der Waals surface area (Å²) in [5.74, 6) is 2.22. The average molecular weight is 364 g/mol. The third-order valence-corrected chi connectivity index (χ3v) is 5.28. The van der Waals surface area contributed by atoms with Gasteiger partial charge in [-0.25, -0.2) is 0 Å². The van der Waals surface area contributed by atoms with Crippen molar-refractivity contribution in [1.82, 2.24) is 19.5 Å². The minimum absolute atomic E-state index is 0.194. The van der Waals surface area contributed by atoms with Crippen LogP contribution < -0.4 is 4.74 Å². The van der Waals surface area contributed by atoms with E-state index in [1.165, 1.54) is 0 Å². The number of fused-ring (bicyclic) bond motifs is 1. The van der Waals surface area contributed by atoms with Crippen LogP contribution in [0.2, 0.25) is 0 Å². The van der Waals surface area contributed by atoms with Gasteiger partial charge in [0.25, 0.3) is 0 Å². The summed E-state index contributed by atoms with van der Waals surface area (Å²) in [6, 6.07) is 13.8. The van der Waals surface area contributed by atoms with Crippen LogP contribution in [0.5, 0.6) is 5.75 Å². The lowest BCUT2D eigenvalue weighted by atomic mass is 9.96. The molecular formula is C21H24N4O2. The number of benzene rings is 1. The molecule has 27 heavy (non-hydrogen) atoms. The summed E-state index contributed by atoms with van der Waals surface area (Å²) >= 11 is 0. The summed E-state index contributed by atoms with van der Waals surface area (Å²) in [7, 11) is 1.67. The lowest BCUT2D eigenvalue weighted by Crippen LogP contribution is -2.39. The van der Waals surface area contributed by atoms with Crippen molar-refractivity contribution >= 4 is 11.6 Å². The van der Waals surface area contributed by atoms with Gasteiger partial charge < -0.3 is 9.64 Å². The Hall–Kier alpha value is -2.89. The lowest BCUT2D eigenvalue weighted by molar-refractivity contribution is -0.132. The fourth-order valence-electron chi connectivity index (χ4n) is 3.86. The van der Waals surface area contributed by atoms with Gasteiger partial charge in [0.2, 0.25) is 5.91 Å². The molecule has 1 amide bonds. The first-order chi connectivity index (χ1) is 13.3. The van der Waals surface area contributed by atoms with Gasteiger partial charge in [0.05, 0.1) is 7.11 Å². The van der Waals surface area contributed by atoms with E-state index >= 15 is 0 Å². The van der Waals surface area contributed by atoms with Gasteiger partial charge in [-0.15, -0.1) is 10.2 Å². The van der Waals surface area contributed by atoms with Crippen LogP contribution >= 0.6 is 0 Å². The molecule has 1 saturated heterocycles. The van der Waals surface area contributed by atoms with Crippen molar-refractivity contribution in [3.63, 3.8) is 0 Å². The molecule has 0 bridgehead atoms. The Morgan fingerprint density at radius 2 is 2.04 bits per heavy atom. The van der Waals surface area contributed by atoms with Crippen LogP contribution in [0.3, 0.4) is 0 Å². The monoisotopic (exact) mass is 364 g/mol. The molecule has 6 heteroatoms. The third kappa shape index (κ3) is 3.65. The van der Waals surface area contributed by atoms with E-state index in [0.717, 1.165) is 42.2 Å². The number of aromatic nitrogens is 3. The molecule has 0 radical (unpaired) electrons. The molecule has 0 unspecified atom stereocenters. The molecule has 1 aliphatic rings. The van der Waals surface area contributed by atoms with E-state index in [1.54, 1.807) is 7.11 Å². The van der Waals surface area contributed by atoms with Crippen LogP contribution in [0.15, 0.2) is 48.7 Å². The molecule has 0 spiro atoms. The molecule has 0 saturated carbocycles. The molecule has 1 aliphatic heterocycles. The topological polar surface area (TPSA) is 59.7 Å². The van der Waals surface area contributed by atoms with E-state index in [4.69, 9.17) is 4.74 Å². The van der Waals surface area contributed by atoms with Crippen molar-refractivity contribution in [2.24, 2.45) is 0 Å². The molecule has 1 atom stereocenters. The summed E-state index contributed by atoms with van der Waals surface area (Å²) in [5, 5.41) is 8.64. The molecule has 4 rings (SSSR count). The fraction of sp³-hybridized carbons (Fsp3) is 0.381. The van der Waals surface area contributed by atoms with E-state index in [1.807, 2.05) is 58.0 Å². The number of rotatable bonds is 5. The Bertz CT molecular complexity index is 937. The summed E-state index contributed by atoms with van der Waals surface area (Å²) in [6.45, 7) is 1.53. The van der Waals surface area contributed by atoms with Crippen LogP contribution in [-0.2, 0) is 11.2 Å². The number of para-hydroxylation sites is 1. The van der Waals surface area contributed by atoms with Gasteiger partial charge in [-0.1, -0.05) is 24.3 Å². The van der Waals surface area contributed by atoms with Crippen LogP contribution in [-0.4, -0.2) is 45.6 Å². The maximum absolute atomic E-state index is 12.8. The first-order valence-electron chi connectivity index (χ1n) is 9.45. The fourth-order valence-corrected chi connectivity index (χ4v) is 3.86. The van der Waals surface area contributed by atoms with Crippen molar-refractivity contribution < 1.29 is 9.53 Å². The van der Waals surface area contributed by atoms with Crippen molar-refractivity contribution in [3.05, 3.63) is 60.0 Å². The Kier molecular flexibility index (Phi) is 5.05. The SMILES string of the molecule is COc1ccccc1CCC(=O)N1CCC[C@H](c2nnc3ccccn23)C1. The number of piperidine rings is 1. The zero-order chi connectivity index (χ0) is 18.6. The van der Waals surface area contributed by atoms with E-state index in [9.17, 15) is 4.79 Å². The van der Waals surface area contributed by atoms with Gasteiger partial charge in [0.1, 0.15) is 11.6 Å². The number of carbonyl (C=O) groups is 1. The molecule has 0 N–H and O–H groups in total. The predicted octanol–water partition coefficient (Wildman–Crippen LogP) is 3.08. The van der Waals surface area contributed by atoms with Crippen molar-refractivity contribution in [2.45, 2.75) is 31.6 Å². The van der Waals surface area contributed by atoms with E-state index in [-0.39, 0.29) is 11.8 Å². The first-order valence-corrected chi connectivity index (χ1v) is 9.45. The molecule has 1 aromatic carbocycles. The molecular weight excluding hydrogens is 340 g/mol. The van der Waals surface area contributed by atoms with E-state index in [2.05, 4.69) is 10.2 Å². The van der Waals surface area contributed by atoms with Crippen LogP contribution in [0.1, 0.15) is 36.6 Å². The molecule has 6 nitrogen and oxygen atoms in total. The maximum Gasteiger partial charge on any atom is 0.222 e. The lowest BCUT2D eigenvalue weighted by Gasteiger charge is -2.32. The van der Waals surface area contributed by atoms with Crippen LogP contribution in [0.25, 0.3) is 5.65 Å². The zero-order valence-electron chi connectivity index (χ0n) is 15.5. The number of carbonyl (C=O) groups excluding carboxylic acids is 1. The Morgan fingerprint density at radius 3 is 2.93 bits per heavy atom. The highest BCUT2D eigenvalue weighted by molar-refractivity contribution is 5.76. The summed E-state index contributed by atoms with van der Waals surface area (Å²) in [6.07, 6.45) is 5.21. The second-order valence-electron chi connectivity index (χ2n) is 6.98. The number of amides is 1. The van der Waals surface area contributed by atoms with Gasteiger partial charge in [0, 0.05) is 31.6 Å². The van der Waals surface area contributed by atoms with Gasteiger partial charge in [-0.3, -0.25) is 9.20 Å². The van der Waals surface area contributed by atoms with E-state index in [0.29, 0.717) is 19.4 Å². The average Bonchev–Trinajstić information content (AvgIpc) is 3.16.